The zero-order chi connectivity index (χ0) is 13.0. The van der Waals surface area contributed by atoms with Gasteiger partial charge in [0.15, 0.2) is 0 Å². The van der Waals surface area contributed by atoms with Gasteiger partial charge >= 0.3 is 5.97 Å². The van der Waals surface area contributed by atoms with E-state index in [0.717, 1.165) is 37.8 Å². The Balaban J connectivity index is 1.93. The predicted octanol–water partition coefficient (Wildman–Crippen LogP) is 2.84. The van der Waals surface area contributed by atoms with Crippen LogP contribution < -0.4 is 0 Å². The van der Waals surface area contributed by atoms with Crippen molar-refractivity contribution in [3.05, 3.63) is 0 Å². The molecule has 0 aromatic carbocycles. The lowest BCUT2D eigenvalue weighted by Crippen LogP contribution is -2.44. The van der Waals surface area contributed by atoms with Crippen LogP contribution in [0.25, 0.3) is 0 Å². The Hall–Kier alpha value is -0.570. The summed E-state index contributed by atoms with van der Waals surface area (Å²) in [5, 5.41) is 0. The highest BCUT2D eigenvalue weighted by atomic mass is 16.5. The first kappa shape index (κ1) is 13.9. The number of carbonyl (C=O) groups is 1. The summed E-state index contributed by atoms with van der Waals surface area (Å²) in [6, 6.07) is 0.0103. The molecule has 3 nitrogen and oxygen atoms in total. The fraction of sp³-hybridized carbons (Fsp3) is 0.933. The van der Waals surface area contributed by atoms with E-state index in [1.54, 1.807) is 0 Å². The monoisotopic (exact) mass is 253 g/mol. The highest BCUT2D eigenvalue weighted by Gasteiger charge is 2.35. The molecule has 2 aliphatic rings. The van der Waals surface area contributed by atoms with Gasteiger partial charge in [-0.1, -0.05) is 13.3 Å². The Morgan fingerprint density at radius 1 is 1.17 bits per heavy atom. The fourth-order valence-corrected chi connectivity index (χ4v) is 2.55. The average molecular weight is 253 g/mol. The normalized spacial score (nSPS) is 21.1. The number of ether oxygens (including phenoxy) is 1. The SMILES string of the molecule is CCCC(C(=O)OCC)N(CC1CC1)CC1CC1. The second kappa shape index (κ2) is 6.55. The lowest BCUT2D eigenvalue weighted by molar-refractivity contribution is -0.150. The lowest BCUT2D eigenvalue weighted by atomic mass is 10.1. The van der Waals surface area contributed by atoms with Crippen LogP contribution in [-0.4, -0.2) is 36.6 Å². The van der Waals surface area contributed by atoms with E-state index in [2.05, 4.69) is 11.8 Å². The van der Waals surface area contributed by atoms with Gasteiger partial charge in [0, 0.05) is 13.1 Å². The van der Waals surface area contributed by atoms with Gasteiger partial charge in [-0.25, -0.2) is 0 Å². The number of rotatable bonds is 9. The summed E-state index contributed by atoms with van der Waals surface area (Å²) in [7, 11) is 0. The molecule has 1 atom stereocenters. The van der Waals surface area contributed by atoms with E-state index in [9.17, 15) is 4.79 Å². The van der Waals surface area contributed by atoms with E-state index in [1.165, 1.54) is 25.7 Å². The predicted molar refractivity (Wildman–Crippen MR) is 72.4 cm³/mol. The third kappa shape index (κ3) is 4.27. The van der Waals surface area contributed by atoms with Gasteiger partial charge < -0.3 is 4.74 Å². The molecule has 104 valence electrons. The Bertz CT molecular complexity index is 258. The molecular formula is C15H27NO2. The zero-order valence-electron chi connectivity index (χ0n) is 11.9. The molecule has 2 fully saturated rings. The van der Waals surface area contributed by atoms with Gasteiger partial charge in [0.2, 0.25) is 0 Å². The quantitative estimate of drug-likeness (QED) is 0.592. The molecule has 0 aromatic rings. The van der Waals surface area contributed by atoms with Crippen LogP contribution in [0.15, 0.2) is 0 Å². The van der Waals surface area contributed by atoms with Crippen LogP contribution in [0, 0.1) is 11.8 Å². The van der Waals surface area contributed by atoms with Crippen molar-refractivity contribution in [1.29, 1.82) is 0 Å². The molecular weight excluding hydrogens is 226 g/mol. The molecule has 18 heavy (non-hydrogen) atoms. The number of hydrogen-bond donors (Lipinski definition) is 0. The van der Waals surface area contributed by atoms with Crippen molar-refractivity contribution in [2.75, 3.05) is 19.7 Å². The summed E-state index contributed by atoms with van der Waals surface area (Å²) < 4.78 is 5.26. The number of hydrogen-bond acceptors (Lipinski definition) is 3. The third-order valence-electron chi connectivity index (χ3n) is 3.94. The molecule has 0 spiro atoms. The number of carbonyl (C=O) groups excluding carboxylic acids is 1. The van der Waals surface area contributed by atoms with Gasteiger partial charge in [-0.05, 0) is 50.9 Å². The molecule has 2 aliphatic carbocycles. The summed E-state index contributed by atoms with van der Waals surface area (Å²) in [5.41, 5.74) is 0. The topological polar surface area (TPSA) is 29.5 Å². The Kier molecular flexibility index (Phi) is 5.04. The van der Waals surface area contributed by atoms with Crippen molar-refractivity contribution >= 4 is 5.97 Å². The lowest BCUT2D eigenvalue weighted by Gasteiger charge is -2.30. The van der Waals surface area contributed by atoms with Crippen molar-refractivity contribution in [3.63, 3.8) is 0 Å². The number of esters is 1. The number of nitrogens with zero attached hydrogens (tertiary/aromatic N) is 1. The van der Waals surface area contributed by atoms with E-state index in [-0.39, 0.29) is 12.0 Å². The summed E-state index contributed by atoms with van der Waals surface area (Å²) in [5.74, 6) is 1.69. The molecule has 0 heterocycles. The largest absolute Gasteiger partial charge is 0.465 e. The van der Waals surface area contributed by atoms with E-state index in [0.29, 0.717) is 6.61 Å². The highest BCUT2D eigenvalue weighted by molar-refractivity contribution is 5.75. The second-order valence-corrected chi connectivity index (χ2v) is 5.90. The Morgan fingerprint density at radius 2 is 1.72 bits per heavy atom. The second-order valence-electron chi connectivity index (χ2n) is 5.90. The molecule has 0 amide bonds. The molecule has 2 saturated carbocycles. The minimum absolute atomic E-state index is 0.000602. The molecule has 0 aliphatic heterocycles. The molecule has 0 aromatic heterocycles. The molecule has 1 unspecified atom stereocenters. The molecule has 0 radical (unpaired) electrons. The van der Waals surface area contributed by atoms with Crippen molar-refractivity contribution in [2.45, 2.75) is 58.4 Å². The summed E-state index contributed by atoms with van der Waals surface area (Å²) in [6.45, 7) is 6.77. The maximum atomic E-state index is 12.1. The fourth-order valence-electron chi connectivity index (χ4n) is 2.55. The van der Waals surface area contributed by atoms with Gasteiger partial charge in [0.05, 0.1) is 6.61 Å². The molecule has 2 rings (SSSR count). The first-order valence-electron chi connectivity index (χ1n) is 7.65. The molecule has 0 saturated heterocycles. The molecule has 3 heteroatoms. The zero-order valence-corrected chi connectivity index (χ0v) is 11.9. The standard InChI is InChI=1S/C15H27NO2/c1-3-5-14(15(17)18-4-2)16(10-12-6-7-12)11-13-8-9-13/h12-14H,3-11H2,1-2H3. The summed E-state index contributed by atoms with van der Waals surface area (Å²) >= 11 is 0. The van der Waals surface area contributed by atoms with Crippen molar-refractivity contribution in [2.24, 2.45) is 11.8 Å². The Morgan fingerprint density at radius 3 is 2.11 bits per heavy atom. The van der Waals surface area contributed by atoms with Crippen molar-refractivity contribution < 1.29 is 9.53 Å². The van der Waals surface area contributed by atoms with Gasteiger partial charge in [0.25, 0.3) is 0 Å². The van der Waals surface area contributed by atoms with Crippen LogP contribution in [0.2, 0.25) is 0 Å². The van der Waals surface area contributed by atoms with Crippen LogP contribution in [-0.2, 0) is 9.53 Å². The molecule has 0 bridgehead atoms. The van der Waals surface area contributed by atoms with E-state index in [4.69, 9.17) is 4.74 Å². The minimum atomic E-state index is 0.000602. The molecule has 0 N–H and O–H groups in total. The average Bonchev–Trinajstić information content (AvgIpc) is 3.20. The van der Waals surface area contributed by atoms with Crippen LogP contribution >= 0.6 is 0 Å². The van der Waals surface area contributed by atoms with Gasteiger partial charge in [-0.3, -0.25) is 9.69 Å². The van der Waals surface area contributed by atoms with Crippen LogP contribution in [0.3, 0.4) is 0 Å². The van der Waals surface area contributed by atoms with Crippen LogP contribution in [0.4, 0.5) is 0 Å². The smallest absolute Gasteiger partial charge is 0.323 e. The van der Waals surface area contributed by atoms with Gasteiger partial charge in [0.1, 0.15) is 6.04 Å². The maximum absolute atomic E-state index is 12.1. The van der Waals surface area contributed by atoms with E-state index >= 15 is 0 Å². The van der Waals surface area contributed by atoms with Crippen molar-refractivity contribution in [3.8, 4) is 0 Å². The maximum Gasteiger partial charge on any atom is 0.323 e. The van der Waals surface area contributed by atoms with Crippen LogP contribution in [0.5, 0.6) is 0 Å². The van der Waals surface area contributed by atoms with E-state index < -0.39 is 0 Å². The van der Waals surface area contributed by atoms with Gasteiger partial charge in [-0.2, -0.15) is 0 Å². The summed E-state index contributed by atoms with van der Waals surface area (Å²) in [4.78, 5) is 14.5. The third-order valence-corrected chi connectivity index (χ3v) is 3.94. The highest BCUT2D eigenvalue weighted by Crippen LogP contribution is 2.35. The van der Waals surface area contributed by atoms with Crippen molar-refractivity contribution in [1.82, 2.24) is 4.90 Å². The summed E-state index contributed by atoms with van der Waals surface area (Å²) in [6.07, 6.45) is 7.39. The first-order chi connectivity index (χ1) is 8.74. The van der Waals surface area contributed by atoms with Gasteiger partial charge in [-0.15, -0.1) is 0 Å². The first-order valence-corrected chi connectivity index (χ1v) is 7.65. The minimum Gasteiger partial charge on any atom is -0.465 e. The Labute approximate surface area is 111 Å². The van der Waals surface area contributed by atoms with E-state index in [1.807, 2.05) is 6.92 Å². The van der Waals surface area contributed by atoms with Crippen LogP contribution in [0.1, 0.15) is 52.4 Å².